The monoisotopic (exact) mass is 409 g/mol. The van der Waals surface area contributed by atoms with Crippen LogP contribution in [0.5, 0.6) is 0 Å². The van der Waals surface area contributed by atoms with Crippen LogP contribution in [0.25, 0.3) is 0 Å². The van der Waals surface area contributed by atoms with E-state index in [1.54, 1.807) is 0 Å². The molecule has 0 aromatic carbocycles. The molecule has 3 aliphatic rings. The van der Waals surface area contributed by atoms with Crippen molar-refractivity contribution in [2.75, 3.05) is 52.1 Å². The van der Waals surface area contributed by atoms with Crippen LogP contribution in [0.3, 0.4) is 0 Å². The van der Waals surface area contributed by atoms with Crippen molar-refractivity contribution in [1.82, 2.24) is 15.1 Å². The van der Waals surface area contributed by atoms with Gasteiger partial charge in [0.2, 0.25) is 5.91 Å². The van der Waals surface area contributed by atoms with E-state index in [0.717, 1.165) is 64.5 Å². The highest BCUT2D eigenvalue weighted by Gasteiger charge is 2.38. The number of nitrogens with two attached hydrogens (primary N) is 1. The van der Waals surface area contributed by atoms with Gasteiger partial charge in [-0.25, -0.2) is 0 Å². The molecule has 1 aliphatic carbocycles. The largest absolute Gasteiger partial charge is 0.369 e. The Morgan fingerprint density at radius 3 is 2.61 bits per heavy atom. The van der Waals surface area contributed by atoms with Crippen LogP contribution in [0.4, 0.5) is 0 Å². The first kappa shape index (κ1) is 21.8. The first-order valence-electron chi connectivity index (χ1n) is 11.2. The van der Waals surface area contributed by atoms with Gasteiger partial charge in [0.25, 0.3) is 0 Å². The van der Waals surface area contributed by atoms with E-state index in [0.29, 0.717) is 4.75 Å². The van der Waals surface area contributed by atoms with Crippen LogP contribution >= 0.6 is 11.8 Å². The van der Waals surface area contributed by atoms with Crippen LogP contribution in [0.15, 0.2) is 4.99 Å². The third-order valence-corrected chi connectivity index (χ3v) is 8.24. The maximum Gasteiger partial charge on any atom is 0.220 e. The van der Waals surface area contributed by atoms with Gasteiger partial charge < -0.3 is 20.9 Å². The standard InChI is InChI=1S/C21H39N5OS/c1-23-20(26-15-16-28-21(17-26)9-3-2-4-10-21)24-11-5-6-12-25-13-7-18(8-14-25)19(22)27/h18H,2-17H2,1H3,(H2,22,27)(H,23,24). The maximum atomic E-state index is 11.3. The Balaban J connectivity index is 1.33. The quantitative estimate of drug-likeness (QED) is 0.400. The summed E-state index contributed by atoms with van der Waals surface area (Å²) >= 11 is 2.21. The lowest BCUT2D eigenvalue weighted by atomic mass is 9.87. The van der Waals surface area contributed by atoms with Gasteiger partial charge in [-0.05, 0) is 58.2 Å². The number of nitrogens with zero attached hydrogens (tertiary/aromatic N) is 3. The molecule has 1 saturated carbocycles. The second kappa shape index (κ2) is 10.7. The SMILES string of the molecule is CN=C(NCCCCN1CCC(C(N)=O)CC1)N1CCSC2(CCCCC2)C1. The Morgan fingerprint density at radius 2 is 1.93 bits per heavy atom. The highest BCUT2D eigenvalue weighted by atomic mass is 32.2. The number of carbonyl (C=O) groups is 1. The fourth-order valence-electron chi connectivity index (χ4n) is 4.96. The number of likely N-dealkylation sites (tertiary alicyclic amines) is 1. The lowest BCUT2D eigenvalue weighted by Crippen LogP contribution is -2.53. The van der Waals surface area contributed by atoms with Crippen LogP contribution in [0.1, 0.15) is 57.8 Å². The molecule has 0 aromatic rings. The number of nitrogens with one attached hydrogen (secondary N) is 1. The van der Waals surface area contributed by atoms with Gasteiger partial charge >= 0.3 is 0 Å². The Bertz CT molecular complexity index is 521. The Kier molecular flexibility index (Phi) is 8.33. The number of thioether (sulfide) groups is 1. The number of aliphatic imine (C=N–C) groups is 1. The smallest absolute Gasteiger partial charge is 0.220 e. The van der Waals surface area contributed by atoms with Crippen molar-refractivity contribution in [3.05, 3.63) is 0 Å². The summed E-state index contributed by atoms with van der Waals surface area (Å²) in [5, 5.41) is 3.61. The summed E-state index contributed by atoms with van der Waals surface area (Å²) in [5.41, 5.74) is 5.42. The molecule has 2 saturated heterocycles. The first-order chi connectivity index (χ1) is 13.6. The van der Waals surface area contributed by atoms with Gasteiger partial charge in [0.15, 0.2) is 5.96 Å². The predicted octanol–water partition coefficient (Wildman–Crippen LogP) is 2.29. The van der Waals surface area contributed by atoms with Gasteiger partial charge in [0.05, 0.1) is 0 Å². The van der Waals surface area contributed by atoms with Gasteiger partial charge in [0, 0.05) is 43.1 Å². The summed E-state index contributed by atoms with van der Waals surface area (Å²) in [6.07, 6.45) is 11.1. The van der Waals surface area contributed by atoms with E-state index in [4.69, 9.17) is 5.73 Å². The van der Waals surface area contributed by atoms with Crippen LogP contribution in [-0.4, -0.2) is 78.5 Å². The van der Waals surface area contributed by atoms with Crippen molar-refractivity contribution in [2.24, 2.45) is 16.6 Å². The molecule has 0 aromatic heterocycles. The average Bonchev–Trinajstić information content (AvgIpc) is 2.71. The van der Waals surface area contributed by atoms with Crippen molar-refractivity contribution < 1.29 is 4.79 Å². The molecule has 2 heterocycles. The fraction of sp³-hybridized carbons (Fsp3) is 0.905. The molecule has 1 spiro atoms. The van der Waals surface area contributed by atoms with Crippen molar-refractivity contribution in [1.29, 1.82) is 0 Å². The normalized spacial score (nSPS) is 24.5. The minimum absolute atomic E-state index is 0.0939. The highest BCUT2D eigenvalue weighted by Crippen LogP contribution is 2.42. The molecular formula is C21H39N5OS. The molecule has 0 radical (unpaired) electrons. The zero-order valence-electron chi connectivity index (χ0n) is 17.6. The zero-order chi connectivity index (χ0) is 19.8. The summed E-state index contributed by atoms with van der Waals surface area (Å²) in [7, 11) is 1.92. The van der Waals surface area contributed by atoms with E-state index in [-0.39, 0.29) is 11.8 Å². The summed E-state index contributed by atoms with van der Waals surface area (Å²) in [5.74, 6) is 2.28. The van der Waals surface area contributed by atoms with Gasteiger partial charge in [-0.1, -0.05) is 19.3 Å². The van der Waals surface area contributed by atoms with E-state index in [1.165, 1.54) is 44.3 Å². The number of unbranched alkanes of at least 4 members (excludes halogenated alkanes) is 1. The average molecular weight is 410 g/mol. The van der Waals surface area contributed by atoms with Gasteiger partial charge in [-0.15, -0.1) is 0 Å². The molecule has 7 heteroatoms. The third kappa shape index (κ3) is 6.02. The van der Waals surface area contributed by atoms with Gasteiger partial charge in [-0.2, -0.15) is 11.8 Å². The van der Waals surface area contributed by atoms with E-state index in [2.05, 4.69) is 31.9 Å². The topological polar surface area (TPSA) is 74.0 Å². The molecule has 0 unspecified atom stereocenters. The van der Waals surface area contributed by atoms with Crippen LogP contribution in [0, 0.1) is 5.92 Å². The fourth-order valence-corrected chi connectivity index (χ4v) is 6.53. The lowest BCUT2D eigenvalue weighted by molar-refractivity contribution is -0.123. The van der Waals surface area contributed by atoms with Crippen molar-refractivity contribution in [2.45, 2.75) is 62.5 Å². The molecule has 28 heavy (non-hydrogen) atoms. The second-order valence-corrected chi connectivity index (χ2v) is 10.3. The number of amides is 1. The number of hydrogen-bond donors (Lipinski definition) is 2. The van der Waals surface area contributed by atoms with E-state index in [9.17, 15) is 4.79 Å². The summed E-state index contributed by atoms with van der Waals surface area (Å²) in [6, 6.07) is 0. The Morgan fingerprint density at radius 1 is 1.18 bits per heavy atom. The number of rotatable bonds is 6. The van der Waals surface area contributed by atoms with Crippen LogP contribution < -0.4 is 11.1 Å². The number of hydrogen-bond acceptors (Lipinski definition) is 4. The van der Waals surface area contributed by atoms with Crippen molar-refractivity contribution >= 4 is 23.6 Å². The van der Waals surface area contributed by atoms with Gasteiger partial charge in [-0.3, -0.25) is 9.79 Å². The number of carbonyl (C=O) groups excluding carboxylic acids is 1. The summed E-state index contributed by atoms with van der Waals surface area (Å²) < 4.78 is 0.477. The lowest BCUT2D eigenvalue weighted by Gasteiger charge is -2.45. The summed E-state index contributed by atoms with van der Waals surface area (Å²) in [4.78, 5) is 20.8. The zero-order valence-corrected chi connectivity index (χ0v) is 18.4. The third-order valence-electron chi connectivity index (χ3n) is 6.70. The van der Waals surface area contributed by atoms with E-state index < -0.39 is 0 Å². The summed E-state index contributed by atoms with van der Waals surface area (Å²) in [6.45, 7) is 6.40. The predicted molar refractivity (Wildman–Crippen MR) is 119 cm³/mol. The number of primary amides is 1. The highest BCUT2D eigenvalue weighted by molar-refractivity contribution is 8.00. The minimum Gasteiger partial charge on any atom is -0.369 e. The molecule has 2 aliphatic heterocycles. The molecule has 0 bridgehead atoms. The van der Waals surface area contributed by atoms with Crippen LogP contribution in [0.2, 0.25) is 0 Å². The molecule has 3 N–H and O–H groups in total. The second-order valence-electron chi connectivity index (χ2n) is 8.71. The minimum atomic E-state index is -0.124. The molecular weight excluding hydrogens is 370 g/mol. The van der Waals surface area contributed by atoms with Crippen molar-refractivity contribution in [3.8, 4) is 0 Å². The van der Waals surface area contributed by atoms with Crippen molar-refractivity contribution in [3.63, 3.8) is 0 Å². The van der Waals surface area contributed by atoms with E-state index >= 15 is 0 Å². The first-order valence-corrected chi connectivity index (χ1v) is 12.2. The van der Waals surface area contributed by atoms with E-state index in [1.807, 2.05) is 7.05 Å². The number of piperidine rings is 1. The molecule has 3 rings (SSSR count). The van der Waals surface area contributed by atoms with Crippen LogP contribution in [-0.2, 0) is 4.79 Å². The molecule has 160 valence electrons. The maximum absolute atomic E-state index is 11.3. The Labute approximate surface area is 175 Å². The Hall–Kier alpha value is -0.950. The molecule has 1 amide bonds. The molecule has 0 atom stereocenters. The number of guanidine groups is 1. The molecule has 3 fully saturated rings. The molecule has 6 nitrogen and oxygen atoms in total. The van der Waals surface area contributed by atoms with Gasteiger partial charge in [0.1, 0.15) is 0 Å².